The van der Waals surface area contributed by atoms with Gasteiger partial charge in [0.25, 0.3) is 0 Å². The third-order valence-electron chi connectivity index (χ3n) is 4.92. The lowest BCUT2D eigenvalue weighted by Crippen LogP contribution is -2.41. The second-order valence-corrected chi connectivity index (χ2v) is 6.85. The quantitative estimate of drug-likeness (QED) is 0.801. The highest BCUT2D eigenvalue weighted by molar-refractivity contribution is 6.30. The number of carbonyl (C=O) groups excluding carboxylic acids is 1. The molecule has 2 fully saturated rings. The lowest BCUT2D eigenvalue weighted by molar-refractivity contribution is -0.188. The number of hydrogen-bond donors (Lipinski definition) is 1. The van der Waals surface area contributed by atoms with Crippen LogP contribution in [0.1, 0.15) is 6.42 Å². The van der Waals surface area contributed by atoms with Gasteiger partial charge in [-0.25, -0.2) is 4.39 Å². The molecule has 2 aliphatic heterocycles. The van der Waals surface area contributed by atoms with Gasteiger partial charge in [-0.15, -0.1) is 0 Å². The van der Waals surface area contributed by atoms with Gasteiger partial charge < -0.3 is 10.0 Å². The molecule has 1 aromatic rings. The maximum Gasteiger partial charge on any atom is 0.393 e. The highest BCUT2D eigenvalue weighted by Gasteiger charge is 2.55. The summed E-state index contributed by atoms with van der Waals surface area (Å²) < 4.78 is 52.9. The van der Waals surface area contributed by atoms with Gasteiger partial charge in [-0.3, -0.25) is 14.5 Å². The van der Waals surface area contributed by atoms with E-state index in [1.54, 1.807) is 0 Å². The molecule has 0 bridgehead atoms. The molecule has 1 unspecified atom stereocenters. The molecule has 3 atom stereocenters. The highest BCUT2D eigenvalue weighted by atomic mass is 35.5. The van der Waals surface area contributed by atoms with E-state index in [2.05, 4.69) is 0 Å². The summed E-state index contributed by atoms with van der Waals surface area (Å²) in [6.07, 6.45) is -4.42. The van der Waals surface area contributed by atoms with Crippen LogP contribution in [0.25, 0.3) is 0 Å². The van der Waals surface area contributed by atoms with Gasteiger partial charge in [0.05, 0.1) is 22.9 Å². The van der Waals surface area contributed by atoms with Crippen molar-refractivity contribution in [3.05, 3.63) is 29.0 Å². The number of nitrogens with zero attached hydrogens (tertiary/aromatic N) is 2. The molecular weight excluding hydrogens is 380 g/mol. The van der Waals surface area contributed by atoms with E-state index in [1.165, 1.54) is 21.9 Å². The number of rotatable bonds is 3. The van der Waals surface area contributed by atoms with Crippen LogP contribution in [-0.2, 0) is 9.59 Å². The van der Waals surface area contributed by atoms with E-state index in [0.717, 1.165) is 6.07 Å². The van der Waals surface area contributed by atoms with Crippen LogP contribution in [0, 0.1) is 17.7 Å². The molecule has 0 saturated carbocycles. The van der Waals surface area contributed by atoms with Crippen LogP contribution >= 0.6 is 11.6 Å². The summed E-state index contributed by atoms with van der Waals surface area (Å²) in [5.41, 5.74) is 0.265. The number of likely N-dealkylation sites (tertiary alicyclic amines) is 1. The van der Waals surface area contributed by atoms with E-state index in [4.69, 9.17) is 16.7 Å². The predicted octanol–water partition coefficient (Wildman–Crippen LogP) is 2.78. The molecule has 2 saturated heterocycles. The fourth-order valence-corrected chi connectivity index (χ4v) is 3.70. The number of amides is 1. The van der Waals surface area contributed by atoms with Crippen molar-refractivity contribution in [2.75, 3.05) is 24.5 Å². The number of alkyl halides is 3. The van der Waals surface area contributed by atoms with E-state index in [0.29, 0.717) is 0 Å². The average molecular weight is 395 g/mol. The van der Waals surface area contributed by atoms with E-state index in [9.17, 15) is 27.2 Å². The van der Waals surface area contributed by atoms with Crippen LogP contribution in [0.5, 0.6) is 0 Å². The van der Waals surface area contributed by atoms with E-state index in [1.807, 2.05) is 0 Å². The fraction of sp³-hybridized carbons (Fsp3) is 0.500. The molecular formula is C16H15ClF4N2O3. The monoisotopic (exact) mass is 394 g/mol. The summed E-state index contributed by atoms with van der Waals surface area (Å²) >= 11 is 5.61. The molecule has 1 amide bonds. The number of anilines is 1. The highest BCUT2D eigenvalue weighted by Crippen LogP contribution is 2.40. The van der Waals surface area contributed by atoms with Crippen molar-refractivity contribution >= 4 is 29.2 Å². The number of carboxylic acids is 1. The Morgan fingerprint density at radius 3 is 2.50 bits per heavy atom. The molecule has 2 aliphatic rings. The lowest BCUT2D eigenvalue weighted by Gasteiger charge is -2.23. The smallest absolute Gasteiger partial charge is 0.393 e. The molecule has 142 valence electrons. The van der Waals surface area contributed by atoms with Crippen LogP contribution in [0.15, 0.2) is 18.2 Å². The number of aliphatic carboxylic acids is 1. The zero-order valence-electron chi connectivity index (χ0n) is 13.3. The van der Waals surface area contributed by atoms with Crippen molar-refractivity contribution in [3.63, 3.8) is 0 Å². The third kappa shape index (κ3) is 3.37. The Morgan fingerprint density at radius 2 is 1.96 bits per heavy atom. The summed E-state index contributed by atoms with van der Waals surface area (Å²) in [6.45, 7) is -0.687. The molecule has 26 heavy (non-hydrogen) atoms. The van der Waals surface area contributed by atoms with Gasteiger partial charge in [0.15, 0.2) is 0 Å². The number of benzene rings is 1. The first-order valence-electron chi connectivity index (χ1n) is 7.89. The maximum absolute atomic E-state index is 13.6. The molecule has 0 aliphatic carbocycles. The zero-order valence-corrected chi connectivity index (χ0v) is 14.1. The molecule has 1 aromatic carbocycles. The van der Waals surface area contributed by atoms with E-state index < -0.39 is 48.3 Å². The molecule has 5 nitrogen and oxygen atoms in total. The molecule has 10 heteroatoms. The minimum Gasteiger partial charge on any atom is -0.481 e. The minimum absolute atomic E-state index is 0.103. The Bertz CT molecular complexity index is 743. The van der Waals surface area contributed by atoms with Gasteiger partial charge in [0.1, 0.15) is 5.82 Å². The first-order chi connectivity index (χ1) is 12.1. The summed E-state index contributed by atoms with van der Waals surface area (Å²) in [7, 11) is 0. The molecule has 1 N–H and O–H groups in total. The second kappa shape index (κ2) is 6.70. The van der Waals surface area contributed by atoms with E-state index in [-0.39, 0.29) is 30.2 Å². The molecule has 0 radical (unpaired) electrons. The Hall–Kier alpha value is -1.87. The lowest BCUT2D eigenvalue weighted by atomic mass is 9.96. The normalized spacial score (nSPS) is 27.3. The Balaban J connectivity index is 1.78. The van der Waals surface area contributed by atoms with Crippen LogP contribution in [0.2, 0.25) is 5.02 Å². The first-order valence-corrected chi connectivity index (χ1v) is 8.27. The fourth-order valence-electron chi connectivity index (χ4n) is 3.58. The van der Waals surface area contributed by atoms with Crippen molar-refractivity contribution < 1.29 is 32.3 Å². The summed E-state index contributed by atoms with van der Waals surface area (Å²) in [6, 6.07) is 2.98. The predicted molar refractivity (Wildman–Crippen MR) is 84.4 cm³/mol. The van der Waals surface area contributed by atoms with Gasteiger partial charge in [-0.2, -0.15) is 13.2 Å². The molecule has 2 heterocycles. The van der Waals surface area contributed by atoms with Gasteiger partial charge in [0, 0.05) is 25.3 Å². The van der Waals surface area contributed by atoms with Gasteiger partial charge in [-0.05, 0) is 24.6 Å². The SMILES string of the molecule is O=C(O)[C@@H]1CN(C2CCN(c3ccc(Cl)c(F)c3)C2=O)C[C@H]1C(F)(F)F. The van der Waals surface area contributed by atoms with Gasteiger partial charge >= 0.3 is 12.1 Å². The van der Waals surface area contributed by atoms with E-state index >= 15 is 0 Å². The average Bonchev–Trinajstić information content (AvgIpc) is 3.13. The maximum atomic E-state index is 13.6. The van der Waals surface area contributed by atoms with Crippen molar-refractivity contribution in [1.29, 1.82) is 0 Å². The number of carbonyl (C=O) groups is 2. The first kappa shape index (κ1) is 18.9. The zero-order chi connectivity index (χ0) is 19.2. The summed E-state index contributed by atoms with van der Waals surface area (Å²) in [5, 5.41) is 8.98. The Kier molecular flexibility index (Phi) is 4.87. The van der Waals surface area contributed by atoms with Crippen LogP contribution < -0.4 is 4.90 Å². The van der Waals surface area contributed by atoms with Crippen LogP contribution in [0.4, 0.5) is 23.2 Å². The second-order valence-electron chi connectivity index (χ2n) is 6.44. The number of halogens is 5. The van der Waals surface area contributed by atoms with Crippen molar-refractivity contribution in [1.82, 2.24) is 4.90 Å². The number of carboxylic acid groups (broad SMARTS) is 1. The third-order valence-corrected chi connectivity index (χ3v) is 5.23. The molecule has 0 spiro atoms. The molecule has 3 rings (SSSR count). The topological polar surface area (TPSA) is 60.9 Å². The Labute approximate surface area is 151 Å². The minimum atomic E-state index is -4.65. The Morgan fingerprint density at radius 1 is 1.27 bits per heavy atom. The van der Waals surface area contributed by atoms with Crippen LogP contribution in [0.3, 0.4) is 0 Å². The van der Waals surface area contributed by atoms with Crippen molar-refractivity contribution in [2.45, 2.75) is 18.6 Å². The standard InChI is InChI=1S/C16H15ClF4N2O3/c17-11-2-1-8(5-12(11)18)23-4-3-13(14(23)24)22-6-9(15(25)26)10(7-22)16(19,20)21/h1-2,5,9-10,13H,3-4,6-7H2,(H,25,26)/t9-,10-,13?/m1/s1. The van der Waals surface area contributed by atoms with Gasteiger partial charge in [0.2, 0.25) is 5.91 Å². The largest absolute Gasteiger partial charge is 0.481 e. The van der Waals surface area contributed by atoms with Crippen molar-refractivity contribution in [2.24, 2.45) is 11.8 Å². The number of hydrogen-bond acceptors (Lipinski definition) is 3. The van der Waals surface area contributed by atoms with Gasteiger partial charge in [-0.1, -0.05) is 11.6 Å². The van der Waals surface area contributed by atoms with Crippen molar-refractivity contribution in [3.8, 4) is 0 Å². The molecule has 0 aromatic heterocycles. The summed E-state index contributed by atoms with van der Waals surface area (Å²) in [4.78, 5) is 26.3. The van der Waals surface area contributed by atoms with Crippen LogP contribution in [-0.4, -0.2) is 53.7 Å². The summed E-state index contributed by atoms with van der Waals surface area (Å²) in [5.74, 6) is -6.33.